The molecule has 7 rings (SSSR count). The van der Waals surface area contributed by atoms with Crippen LogP contribution >= 0.6 is 0 Å². The van der Waals surface area contributed by atoms with E-state index >= 15 is 0 Å². The van der Waals surface area contributed by atoms with Crippen LogP contribution in [0.2, 0.25) is 0 Å². The van der Waals surface area contributed by atoms with Crippen LogP contribution < -0.4 is 10.1 Å². The Bertz CT molecular complexity index is 1350. The summed E-state index contributed by atoms with van der Waals surface area (Å²) in [6, 6.07) is 8.49. The van der Waals surface area contributed by atoms with Gasteiger partial charge in [-0.3, -0.25) is 9.97 Å². The topological polar surface area (TPSA) is 95.7 Å². The lowest BCUT2D eigenvalue weighted by Gasteiger charge is -2.46. The minimum atomic E-state index is 0.00456. The summed E-state index contributed by atoms with van der Waals surface area (Å²) in [4.78, 5) is 13.7. The predicted octanol–water partition coefficient (Wildman–Crippen LogP) is 3.49. The molecule has 2 aliphatic heterocycles. The molecule has 3 aromatic heterocycles. The Hall–Kier alpha value is -3.30. The molecule has 1 aromatic carbocycles. The van der Waals surface area contributed by atoms with E-state index in [1.54, 1.807) is 12.4 Å². The number of rotatable bonds is 5. The summed E-state index contributed by atoms with van der Waals surface area (Å²) in [7, 11) is 0. The maximum Gasteiger partial charge on any atom is 0.244 e. The fourth-order valence-corrected chi connectivity index (χ4v) is 5.18. The molecule has 0 radical (unpaired) electrons. The summed E-state index contributed by atoms with van der Waals surface area (Å²) < 4.78 is 18.9. The van der Waals surface area contributed by atoms with E-state index < -0.39 is 0 Å². The molecular formula is C25H26N6O3. The van der Waals surface area contributed by atoms with Crippen LogP contribution in [0.4, 0.5) is 5.95 Å². The van der Waals surface area contributed by atoms with Crippen molar-refractivity contribution in [2.45, 2.75) is 37.8 Å². The van der Waals surface area contributed by atoms with E-state index in [1.807, 2.05) is 22.8 Å². The van der Waals surface area contributed by atoms with E-state index in [0.29, 0.717) is 36.5 Å². The Balaban J connectivity index is 1.23. The van der Waals surface area contributed by atoms with E-state index in [9.17, 15) is 0 Å². The van der Waals surface area contributed by atoms with E-state index in [1.165, 1.54) is 12.8 Å². The Labute approximate surface area is 196 Å². The molecule has 9 heteroatoms. The van der Waals surface area contributed by atoms with Crippen LogP contribution in [0.5, 0.6) is 5.88 Å². The minimum Gasteiger partial charge on any atom is -0.468 e. The molecular weight excluding hydrogens is 432 g/mol. The lowest BCUT2D eigenvalue weighted by atomic mass is 9.71. The summed E-state index contributed by atoms with van der Waals surface area (Å²) in [5.74, 6) is 1.17. The molecule has 0 bridgehead atoms. The predicted molar refractivity (Wildman–Crippen MR) is 126 cm³/mol. The van der Waals surface area contributed by atoms with Crippen LogP contribution in [0, 0.1) is 5.41 Å². The Morgan fingerprint density at radius 2 is 1.82 bits per heavy atom. The van der Waals surface area contributed by atoms with Gasteiger partial charge in [-0.1, -0.05) is 6.07 Å². The van der Waals surface area contributed by atoms with E-state index in [4.69, 9.17) is 24.3 Å². The molecule has 34 heavy (non-hydrogen) atoms. The smallest absolute Gasteiger partial charge is 0.244 e. The molecule has 0 unspecified atom stereocenters. The molecule has 0 atom stereocenters. The monoisotopic (exact) mass is 458 g/mol. The van der Waals surface area contributed by atoms with Gasteiger partial charge >= 0.3 is 0 Å². The molecule has 1 N–H and O–H groups in total. The highest BCUT2D eigenvalue weighted by Gasteiger charge is 2.41. The number of nitrogens with zero attached hydrogens (tertiary/aromatic N) is 5. The summed E-state index contributed by atoms with van der Waals surface area (Å²) >= 11 is 0. The van der Waals surface area contributed by atoms with Gasteiger partial charge < -0.3 is 19.5 Å². The van der Waals surface area contributed by atoms with Gasteiger partial charge in [-0.15, -0.1) is 5.10 Å². The summed E-state index contributed by atoms with van der Waals surface area (Å²) in [5.41, 5.74) is 4.99. The Morgan fingerprint density at radius 3 is 2.56 bits per heavy atom. The van der Waals surface area contributed by atoms with Crippen LogP contribution in [-0.2, 0) is 9.47 Å². The first kappa shape index (κ1) is 20.1. The molecule has 5 heterocycles. The van der Waals surface area contributed by atoms with Crippen molar-refractivity contribution in [3.63, 3.8) is 0 Å². The SMILES string of the molecule is c1cnc2cc(-c3ccn4nc(NC5CCC6(CC5)COC6)nc(OC5COC5)c34)ccc2n1. The number of aromatic nitrogens is 5. The third-order valence-corrected chi connectivity index (χ3v) is 7.34. The van der Waals surface area contributed by atoms with Crippen molar-refractivity contribution in [1.29, 1.82) is 0 Å². The lowest BCUT2D eigenvalue weighted by Crippen LogP contribution is -2.47. The average molecular weight is 459 g/mol. The third-order valence-electron chi connectivity index (χ3n) is 7.34. The van der Waals surface area contributed by atoms with Gasteiger partial charge in [-0.05, 0) is 49.4 Å². The number of nitrogens with one attached hydrogen (secondary N) is 1. The Kier molecular flexibility index (Phi) is 4.66. The van der Waals surface area contributed by atoms with Gasteiger partial charge in [-0.2, -0.15) is 4.98 Å². The van der Waals surface area contributed by atoms with Crippen molar-refractivity contribution in [2.75, 3.05) is 31.7 Å². The maximum atomic E-state index is 6.28. The van der Waals surface area contributed by atoms with Gasteiger partial charge in [0.05, 0.1) is 37.5 Å². The molecule has 1 aliphatic carbocycles. The Morgan fingerprint density at radius 1 is 1.00 bits per heavy atom. The quantitative estimate of drug-likeness (QED) is 0.486. The number of hydrogen-bond acceptors (Lipinski definition) is 8. The van der Waals surface area contributed by atoms with Crippen molar-refractivity contribution in [3.05, 3.63) is 42.9 Å². The van der Waals surface area contributed by atoms with Crippen LogP contribution in [0.3, 0.4) is 0 Å². The molecule has 4 aromatic rings. The second-order valence-corrected chi connectivity index (χ2v) is 9.71. The standard InChI is InChI=1S/C25H26N6O3/c1-2-20-21(27-9-8-26-20)11-16(1)19-5-10-31-22(19)23(34-18-12-32-13-18)29-24(30-31)28-17-3-6-25(7-4-17)14-33-15-25/h1-2,5,8-11,17-18H,3-4,6-7,12-15H2,(H,28,30). The summed E-state index contributed by atoms with van der Waals surface area (Å²) in [6.07, 6.45) is 9.97. The zero-order valence-electron chi connectivity index (χ0n) is 18.8. The molecule has 1 spiro atoms. The van der Waals surface area contributed by atoms with Crippen LogP contribution in [0.1, 0.15) is 25.7 Å². The first-order valence-corrected chi connectivity index (χ1v) is 11.9. The second kappa shape index (κ2) is 7.89. The van der Waals surface area contributed by atoms with Gasteiger partial charge in [0.25, 0.3) is 0 Å². The van der Waals surface area contributed by atoms with E-state index in [0.717, 1.165) is 53.7 Å². The summed E-state index contributed by atoms with van der Waals surface area (Å²) in [6.45, 7) is 2.98. The normalized spacial score (nSPS) is 20.4. The fourth-order valence-electron chi connectivity index (χ4n) is 5.18. The highest BCUT2D eigenvalue weighted by Crippen LogP contribution is 2.43. The van der Waals surface area contributed by atoms with E-state index in [-0.39, 0.29) is 6.10 Å². The van der Waals surface area contributed by atoms with Gasteiger partial charge in [0.2, 0.25) is 11.8 Å². The zero-order valence-corrected chi connectivity index (χ0v) is 18.8. The molecule has 3 fully saturated rings. The molecule has 174 valence electrons. The third kappa shape index (κ3) is 3.47. The minimum absolute atomic E-state index is 0.00456. The molecule has 0 amide bonds. The van der Waals surface area contributed by atoms with Gasteiger partial charge in [0, 0.05) is 35.6 Å². The highest BCUT2D eigenvalue weighted by atomic mass is 16.6. The molecule has 1 saturated carbocycles. The number of hydrogen-bond donors (Lipinski definition) is 1. The lowest BCUT2D eigenvalue weighted by molar-refractivity contribution is -0.131. The maximum absolute atomic E-state index is 6.28. The molecule has 3 aliphatic rings. The first-order valence-electron chi connectivity index (χ1n) is 11.9. The van der Waals surface area contributed by atoms with Crippen LogP contribution in [0.15, 0.2) is 42.9 Å². The van der Waals surface area contributed by atoms with Crippen molar-refractivity contribution in [1.82, 2.24) is 24.6 Å². The van der Waals surface area contributed by atoms with Gasteiger partial charge in [0.15, 0.2) is 0 Å². The van der Waals surface area contributed by atoms with Crippen molar-refractivity contribution in [2.24, 2.45) is 5.41 Å². The highest BCUT2D eigenvalue weighted by molar-refractivity contribution is 5.89. The number of fused-ring (bicyclic) bond motifs is 2. The molecule has 2 saturated heterocycles. The zero-order chi connectivity index (χ0) is 22.5. The second-order valence-electron chi connectivity index (χ2n) is 9.71. The number of benzene rings is 1. The van der Waals surface area contributed by atoms with E-state index in [2.05, 4.69) is 27.4 Å². The van der Waals surface area contributed by atoms with Crippen molar-refractivity contribution in [3.8, 4) is 17.0 Å². The van der Waals surface area contributed by atoms with Crippen LogP contribution in [-0.4, -0.2) is 63.1 Å². The largest absolute Gasteiger partial charge is 0.468 e. The number of anilines is 1. The molecule has 9 nitrogen and oxygen atoms in total. The van der Waals surface area contributed by atoms with Crippen LogP contribution in [0.25, 0.3) is 27.7 Å². The number of ether oxygens (including phenoxy) is 3. The van der Waals surface area contributed by atoms with Gasteiger partial charge in [-0.25, -0.2) is 4.52 Å². The first-order chi connectivity index (χ1) is 16.7. The van der Waals surface area contributed by atoms with Gasteiger partial charge in [0.1, 0.15) is 11.6 Å². The summed E-state index contributed by atoms with van der Waals surface area (Å²) in [5, 5.41) is 8.36. The van der Waals surface area contributed by atoms with Crippen molar-refractivity contribution < 1.29 is 14.2 Å². The fraction of sp³-hybridized carbons (Fsp3) is 0.440. The average Bonchev–Trinajstić information content (AvgIpc) is 3.25. The van der Waals surface area contributed by atoms with Crippen molar-refractivity contribution >= 4 is 22.5 Å².